The van der Waals surface area contributed by atoms with Crippen LogP contribution >= 0.6 is 0 Å². The molecule has 0 aliphatic carbocycles. The van der Waals surface area contributed by atoms with Gasteiger partial charge in [0, 0.05) is 0 Å². The monoisotopic (exact) mass is 143 g/mol. The van der Waals surface area contributed by atoms with Gasteiger partial charge in [-0.2, -0.15) is 0 Å². The van der Waals surface area contributed by atoms with Crippen molar-refractivity contribution in [3.8, 4) is 0 Å². The molecule has 0 rings (SSSR count). The number of rotatable bonds is 2. The molecule has 0 bridgehead atoms. The van der Waals surface area contributed by atoms with Gasteiger partial charge in [0.25, 0.3) is 0 Å². The second kappa shape index (κ2) is 8.54. The summed E-state index contributed by atoms with van der Waals surface area (Å²) in [5, 5.41) is 0. The Bertz CT molecular complexity index is 59.1. The van der Waals surface area contributed by atoms with Crippen molar-refractivity contribution in [2.75, 3.05) is 0 Å². The molecular weight excluding hydrogens is 122 g/mol. The van der Waals surface area contributed by atoms with Gasteiger partial charge in [-0.3, -0.25) is 0 Å². The average molecular weight is 143 g/mol. The van der Waals surface area contributed by atoms with Crippen LogP contribution in [0.25, 0.3) is 0 Å². The van der Waals surface area contributed by atoms with Crippen molar-refractivity contribution in [1.82, 2.24) is 0 Å². The summed E-state index contributed by atoms with van der Waals surface area (Å²) in [4.78, 5) is 0. The van der Waals surface area contributed by atoms with Crippen molar-refractivity contribution < 1.29 is 0 Å². The Morgan fingerprint density at radius 3 is 1.40 bits per heavy atom. The molecule has 62 valence electrons. The highest BCUT2D eigenvalue weighted by molar-refractivity contribution is 4.48. The molecule has 1 nitrogen and oxygen atoms in total. The lowest BCUT2D eigenvalue weighted by Gasteiger charge is -2.05. The van der Waals surface area contributed by atoms with Crippen molar-refractivity contribution in [2.24, 2.45) is 17.6 Å². The quantitative estimate of drug-likeness (QED) is 0.632. The van der Waals surface area contributed by atoms with Gasteiger partial charge in [-0.15, -0.1) is 0 Å². The van der Waals surface area contributed by atoms with Crippen molar-refractivity contribution in [3.05, 3.63) is 12.8 Å². The van der Waals surface area contributed by atoms with Crippen LogP contribution in [-0.4, -0.2) is 0 Å². The second-order valence-corrected chi connectivity index (χ2v) is 3.26. The maximum absolute atomic E-state index is 4.61. The van der Waals surface area contributed by atoms with Gasteiger partial charge >= 0.3 is 0 Å². The standard InChI is InChI=1S/C7H16.C2H5N/c1-6(2)5-7(3)4;1-2-3/h6-7H,5H2,1-4H3;2H,1,3H2. The molecule has 0 radical (unpaired) electrons. The molecule has 0 aliphatic heterocycles. The zero-order chi connectivity index (χ0) is 8.57. The van der Waals surface area contributed by atoms with Crippen LogP contribution in [0, 0.1) is 11.8 Å². The van der Waals surface area contributed by atoms with Gasteiger partial charge in [-0.1, -0.05) is 34.3 Å². The highest BCUT2D eigenvalue weighted by Crippen LogP contribution is 2.08. The molecule has 0 saturated heterocycles. The number of hydrogen-bond donors (Lipinski definition) is 1. The highest BCUT2D eigenvalue weighted by atomic mass is 14.5. The van der Waals surface area contributed by atoms with Crippen LogP contribution in [0.4, 0.5) is 0 Å². The topological polar surface area (TPSA) is 26.0 Å². The molecule has 0 aromatic rings. The van der Waals surface area contributed by atoms with Crippen LogP contribution in [0.5, 0.6) is 0 Å². The van der Waals surface area contributed by atoms with E-state index in [0.717, 1.165) is 11.8 Å². The molecule has 0 aromatic carbocycles. The van der Waals surface area contributed by atoms with E-state index in [1.165, 1.54) is 12.6 Å². The first-order valence-corrected chi connectivity index (χ1v) is 3.87. The van der Waals surface area contributed by atoms with E-state index in [0.29, 0.717) is 0 Å². The molecule has 0 atom stereocenters. The van der Waals surface area contributed by atoms with Crippen LogP contribution in [0.2, 0.25) is 0 Å². The van der Waals surface area contributed by atoms with Crippen LogP contribution in [0.15, 0.2) is 12.8 Å². The van der Waals surface area contributed by atoms with Crippen molar-refractivity contribution in [1.29, 1.82) is 0 Å². The fourth-order valence-corrected chi connectivity index (χ4v) is 0.943. The van der Waals surface area contributed by atoms with Crippen LogP contribution < -0.4 is 5.73 Å². The van der Waals surface area contributed by atoms with Gasteiger partial charge in [0.05, 0.1) is 0 Å². The van der Waals surface area contributed by atoms with Crippen molar-refractivity contribution in [2.45, 2.75) is 34.1 Å². The maximum Gasteiger partial charge on any atom is -0.0136 e. The minimum Gasteiger partial charge on any atom is -0.405 e. The van der Waals surface area contributed by atoms with E-state index in [2.05, 4.69) is 40.0 Å². The Balaban J connectivity index is 0. The summed E-state index contributed by atoms with van der Waals surface area (Å²) in [5.41, 5.74) is 4.61. The van der Waals surface area contributed by atoms with Crippen LogP contribution in [0.3, 0.4) is 0 Å². The average Bonchev–Trinajstić information content (AvgIpc) is 1.62. The Morgan fingerprint density at radius 2 is 1.40 bits per heavy atom. The Labute approximate surface area is 65.3 Å². The second-order valence-electron chi connectivity index (χ2n) is 3.26. The molecule has 0 aromatic heterocycles. The van der Waals surface area contributed by atoms with Gasteiger partial charge in [0.15, 0.2) is 0 Å². The lowest BCUT2D eigenvalue weighted by atomic mass is 10.0. The molecule has 0 amide bonds. The van der Waals surface area contributed by atoms with E-state index in [4.69, 9.17) is 0 Å². The molecule has 0 spiro atoms. The fraction of sp³-hybridized carbons (Fsp3) is 0.778. The number of nitrogens with two attached hydrogens (primary N) is 1. The summed E-state index contributed by atoms with van der Waals surface area (Å²) >= 11 is 0. The van der Waals surface area contributed by atoms with E-state index >= 15 is 0 Å². The molecule has 0 unspecified atom stereocenters. The third kappa shape index (κ3) is 25.7. The zero-order valence-electron chi connectivity index (χ0n) is 7.72. The Kier molecular flexibility index (Phi) is 10.5. The predicted molar refractivity (Wildman–Crippen MR) is 48.7 cm³/mol. The minimum atomic E-state index is 0.875. The van der Waals surface area contributed by atoms with Crippen molar-refractivity contribution in [3.63, 3.8) is 0 Å². The fourth-order valence-electron chi connectivity index (χ4n) is 0.943. The molecule has 0 heterocycles. The molecule has 0 aliphatic rings. The van der Waals surface area contributed by atoms with Gasteiger partial charge in [0.2, 0.25) is 0 Å². The van der Waals surface area contributed by atoms with E-state index in [-0.39, 0.29) is 0 Å². The smallest absolute Gasteiger partial charge is 0.0136 e. The van der Waals surface area contributed by atoms with Gasteiger partial charge in [-0.25, -0.2) is 0 Å². The maximum atomic E-state index is 4.61. The summed E-state index contributed by atoms with van der Waals surface area (Å²) in [7, 11) is 0. The SMILES string of the molecule is C=CN.CC(C)CC(C)C. The van der Waals surface area contributed by atoms with Crippen LogP contribution in [-0.2, 0) is 0 Å². The molecule has 2 N–H and O–H groups in total. The summed E-state index contributed by atoms with van der Waals surface area (Å²) in [6.07, 6.45) is 2.61. The minimum absolute atomic E-state index is 0.875. The largest absolute Gasteiger partial charge is 0.405 e. The predicted octanol–water partition coefficient (Wildman–Crippen LogP) is 2.78. The van der Waals surface area contributed by atoms with Gasteiger partial charge in [-0.05, 0) is 24.5 Å². The Morgan fingerprint density at radius 1 is 1.20 bits per heavy atom. The third-order valence-corrected chi connectivity index (χ3v) is 0.943. The molecule has 0 saturated carbocycles. The molecular formula is C9H21N. The first kappa shape index (κ1) is 12.2. The first-order valence-electron chi connectivity index (χ1n) is 3.87. The van der Waals surface area contributed by atoms with E-state index in [9.17, 15) is 0 Å². The van der Waals surface area contributed by atoms with E-state index < -0.39 is 0 Å². The highest BCUT2D eigenvalue weighted by Gasteiger charge is 1.95. The summed E-state index contributed by atoms with van der Waals surface area (Å²) < 4.78 is 0. The van der Waals surface area contributed by atoms with Crippen LogP contribution in [0.1, 0.15) is 34.1 Å². The lowest BCUT2D eigenvalue weighted by molar-refractivity contribution is 0.469. The Hall–Kier alpha value is -0.460. The first-order chi connectivity index (χ1) is 4.54. The van der Waals surface area contributed by atoms with Gasteiger partial charge < -0.3 is 5.73 Å². The summed E-state index contributed by atoms with van der Waals surface area (Å²) in [6.45, 7) is 12.2. The zero-order valence-corrected chi connectivity index (χ0v) is 7.72. The van der Waals surface area contributed by atoms with Gasteiger partial charge in [0.1, 0.15) is 0 Å². The summed E-state index contributed by atoms with van der Waals surface area (Å²) in [6, 6.07) is 0. The van der Waals surface area contributed by atoms with Crippen molar-refractivity contribution >= 4 is 0 Å². The van der Waals surface area contributed by atoms with E-state index in [1.807, 2.05) is 0 Å². The normalized spacial score (nSPS) is 9.00. The molecule has 1 heteroatoms. The van der Waals surface area contributed by atoms with E-state index in [1.54, 1.807) is 0 Å². The third-order valence-electron chi connectivity index (χ3n) is 0.943. The lowest BCUT2D eigenvalue weighted by Crippen LogP contribution is -1.93. The number of hydrogen-bond acceptors (Lipinski definition) is 1. The summed E-state index contributed by atoms with van der Waals surface area (Å²) in [5.74, 6) is 1.75. The molecule has 10 heavy (non-hydrogen) atoms. The molecule has 0 fully saturated rings.